The van der Waals surface area contributed by atoms with Gasteiger partial charge in [0.1, 0.15) is 17.1 Å². The molecule has 1 saturated heterocycles. The van der Waals surface area contributed by atoms with Crippen LogP contribution in [0, 0.1) is 5.82 Å². The van der Waals surface area contributed by atoms with Gasteiger partial charge in [-0.05, 0) is 76.3 Å². The van der Waals surface area contributed by atoms with Crippen LogP contribution in [-0.4, -0.2) is 72.1 Å². The maximum Gasteiger partial charge on any atom is 0.274 e. The Kier molecular flexibility index (Phi) is 5.48. The van der Waals surface area contributed by atoms with Crippen molar-refractivity contribution < 1.29 is 19.1 Å². The maximum absolute atomic E-state index is 13.7. The number of aromatic nitrogens is 3. The number of aliphatic hydroxyl groups is 1. The number of benzene rings is 1. The number of halogens is 1. The third-order valence-corrected chi connectivity index (χ3v) is 7.39. The number of fused-ring (bicyclic) bond motifs is 1. The van der Waals surface area contributed by atoms with Crippen LogP contribution in [-0.2, 0) is 10.2 Å². The molecule has 0 unspecified atom stereocenters. The summed E-state index contributed by atoms with van der Waals surface area (Å²) in [5, 5.41) is 14.9. The van der Waals surface area contributed by atoms with E-state index in [2.05, 4.69) is 6.92 Å². The van der Waals surface area contributed by atoms with Gasteiger partial charge in [-0.15, -0.1) is 0 Å². The zero-order valence-corrected chi connectivity index (χ0v) is 21.4. The van der Waals surface area contributed by atoms with Crippen molar-refractivity contribution in [3.8, 4) is 11.3 Å². The van der Waals surface area contributed by atoms with Crippen LogP contribution in [0.2, 0.25) is 0 Å². The fraction of sp³-hybridized carbons (Fsp3) is 0.481. The van der Waals surface area contributed by atoms with E-state index in [1.165, 1.54) is 26.0 Å². The number of rotatable bonds is 4. The Hall–Kier alpha value is -3.33. The summed E-state index contributed by atoms with van der Waals surface area (Å²) in [6.45, 7) is 9.92. The lowest BCUT2D eigenvalue weighted by Gasteiger charge is -2.47. The Morgan fingerprint density at radius 3 is 2.33 bits per heavy atom. The van der Waals surface area contributed by atoms with E-state index in [1.54, 1.807) is 32.6 Å². The summed E-state index contributed by atoms with van der Waals surface area (Å²) in [5.41, 5.74) is 1.30. The highest BCUT2D eigenvalue weighted by Crippen LogP contribution is 2.49. The van der Waals surface area contributed by atoms with E-state index < -0.39 is 11.1 Å². The van der Waals surface area contributed by atoms with Crippen LogP contribution in [0.15, 0.2) is 36.5 Å². The molecular weight excluding hydrogens is 461 g/mol. The van der Waals surface area contributed by atoms with Crippen LogP contribution in [0.3, 0.4) is 0 Å². The molecule has 0 atom stereocenters. The van der Waals surface area contributed by atoms with Crippen molar-refractivity contribution in [2.45, 2.75) is 64.0 Å². The van der Waals surface area contributed by atoms with Crippen molar-refractivity contribution in [3.05, 3.63) is 53.6 Å². The van der Waals surface area contributed by atoms with Crippen LogP contribution in [0.1, 0.15) is 63.5 Å². The van der Waals surface area contributed by atoms with E-state index in [4.69, 9.17) is 10.1 Å². The Balaban J connectivity index is 1.49. The van der Waals surface area contributed by atoms with Crippen molar-refractivity contribution in [1.29, 1.82) is 0 Å². The summed E-state index contributed by atoms with van der Waals surface area (Å²) < 4.78 is 15.1. The molecule has 5 rings (SSSR count). The molecule has 2 fully saturated rings. The van der Waals surface area contributed by atoms with Gasteiger partial charge < -0.3 is 14.9 Å². The summed E-state index contributed by atoms with van der Waals surface area (Å²) in [6.07, 6.45) is 3.70. The third-order valence-electron chi connectivity index (χ3n) is 7.39. The molecule has 0 spiro atoms. The zero-order valence-electron chi connectivity index (χ0n) is 21.4. The average molecular weight is 494 g/mol. The quantitative estimate of drug-likeness (QED) is 0.602. The zero-order chi connectivity index (χ0) is 26.0. The van der Waals surface area contributed by atoms with E-state index in [0.717, 1.165) is 24.0 Å². The molecule has 0 bridgehead atoms. The lowest BCUT2D eigenvalue weighted by atomic mass is 9.96. The van der Waals surface area contributed by atoms with Crippen LogP contribution in [0.4, 0.5) is 4.39 Å². The molecule has 36 heavy (non-hydrogen) atoms. The first-order chi connectivity index (χ1) is 16.8. The Bertz CT molecular complexity index is 1350. The van der Waals surface area contributed by atoms with Gasteiger partial charge in [0, 0.05) is 30.8 Å². The molecule has 9 heteroatoms. The minimum atomic E-state index is -1.47. The molecule has 2 aliphatic rings. The number of nitrogens with zero attached hydrogens (tertiary/aromatic N) is 5. The van der Waals surface area contributed by atoms with Crippen LogP contribution in [0.5, 0.6) is 0 Å². The first-order valence-corrected chi connectivity index (χ1v) is 12.3. The SMILES string of the molecule is CC(C)(O)C(=O)N1CCN(C(=O)c2cn3nc(-c4ccc(F)cc4)cc(C4(C)CC4)c3n2)C(C)(C)C1. The predicted molar refractivity (Wildman–Crippen MR) is 133 cm³/mol. The Morgan fingerprint density at radius 1 is 1.08 bits per heavy atom. The summed E-state index contributed by atoms with van der Waals surface area (Å²) in [6, 6.07) is 8.21. The topological polar surface area (TPSA) is 91.0 Å². The fourth-order valence-corrected chi connectivity index (χ4v) is 4.97. The van der Waals surface area contributed by atoms with Gasteiger partial charge in [-0.2, -0.15) is 5.10 Å². The van der Waals surface area contributed by atoms with Crippen LogP contribution < -0.4 is 0 Å². The molecule has 3 aromatic rings. The van der Waals surface area contributed by atoms with Crippen molar-refractivity contribution in [3.63, 3.8) is 0 Å². The smallest absolute Gasteiger partial charge is 0.274 e. The number of hydrogen-bond donors (Lipinski definition) is 1. The van der Waals surface area contributed by atoms with Crippen molar-refractivity contribution in [2.75, 3.05) is 19.6 Å². The highest BCUT2D eigenvalue weighted by molar-refractivity contribution is 5.94. The third kappa shape index (κ3) is 4.25. The number of hydrogen-bond acceptors (Lipinski definition) is 5. The molecule has 0 radical (unpaired) electrons. The van der Waals surface area contributed by atoms with Gasteiger partial charge in [0.25, 0.3) is 11.8 Å². The minimum Gasteiger partial charge on any atom is -0.381 e. The monoisotopic (exact) mass is 493 g/mol. The molecule has 1 aliphatic heterocycles. The number of carbonyl (C=O) groups is 2. The van der Waals surface area contributed by atoms with Crippen LogP contribution in [0.25, 0.3) is 16.9 Å². The number of amides is 2. The lowest BCUT2D eigenvalue weighted by Crippen LogP contribution is -2.64. The van der Waals surface area contributed by atoms with Gasteiger partial charge in [-0.3, -0.25) is 9.59 Å². The second-order valence-electron chi connectivity index (χ2n) is 11.5. The summed E-state index contributed by atoms with van der Waals surface area (Å²) in [4.78, 5) is 34.3. The molecule has 1 saturated carbocycles. The molecule has 190 valence electrons. The van der Waals surface area contributed by atoms with E-state index in [1.807, 2.05) is 19.9 Å². The van der Waals surface area contributed by atoms with E-state index in [0.29, 0.717) is 36.7 Å². The normalized spacial score (nSPS) is 19.0. The number of carbonyl (C=O) groups excluding carboxylic acids is 2. The van der Waals surface area contributed by atoms with E-state index in [9.17, 15) is 19.1 Å². The highest BCUT2D eigenvalue weighted by atomic mass is 19.1. The summed E-state index contributed by atoms with van der Waals surface area (Å²) >= 11 is 0. The molecule has 1 aliphatic carbocycles. The molecule has 1 aromatic carbocycles. The van der Waals surface area contributed by atoms with Gasteiger partial charge in [0.15, 0.2) is 5.65 Å². The average Bonchev–Trinajstić information content (AvgIpc) is 3.40. The highest BCUT2D eigenvalue weighted by Gasteiger charge is 2.44. The van der Waals surface area contributed by atoms with Gasteiger partial charge >= 0.3 is 0 Å². The van der Waals surface area contributed by atoms with Crippen molar-refractivity contribution in [2.24, 2.45) is 0 Å². The summed E-state index contributed by atoms with van der Waals surface area (Å²) in [7, 11) is 0. The largest absolute Gasteiger partial charge is 0.381 e. The van der Waals surface area contributed by atoms with Gasteiger partial charge in [0.05, 0.1) is 17.4 Å². The van der Waals surface area contributed by atoms with Crippen LogP contribution >= 0.6 is 0 Å². The maximum atomic E-state index is 13.7. The van der Waals surface area contributed by atoms with Gasteiger partial charge in [-0.1, -0.05) is 6.92 Å². The molecular formula is C27H32FN5O3. The minimum absolute atomic E-state index is 0.0347. The van der Waals surface area contributed by atoms with Gasteiger partial charge in [-0.25, -0.2) is 13.9 Å². The Labute approximate surface area is 209 Å². The molecule has 2 amide bonds. The lowest BCUT2D eigenvalue weighted by molar-refractivity contribution is -0.152. The Morgan fingerprint density at radius 2 is 1.75 bits per heavy atom. The van der Waals surface area contributed by atoms with Gasteiger partial charge in [0.2, 0.25) is 0 Å². The number of piperazine rings is 1. The van der Waals surface area contributed by atoms with Crippen molar-refractivity contribution in [1.82, 2.24) is 24.4 Å². The predicted octanol–water partition coefficient (Wildman–Crippen LogP) is 3.42. The standard InChI is InChI=1S/C27H32FN5O3/c1-25(2)16-31(24(35)26(3,4)36)12-13-32(25)23(34)21-15-33-22(29-21)19(27(5)10-11-27)14-20(30-33)17-6-8-18(28)9-7-17/h6-9,14-15,36H,10-13,16H2,1-5H3. The molecule has 1 N–H and O–H groups in total. The van der Waals surface area contributed by atoms with E-state index in [-0.39, 0.29) is 23.0 Å². The first kappa shape index (κ1) is 24.4. The second kappa shape index (κ2) is 8.09. The first-order valence-electron chi connectivity index (χ1n) is 12.3. The number of imidazole rings is 1. The molecule has 8 nitrogen and oxygen atoms in total. The second-order valence-corrected chi connectivity index (χ2v) is 11.5. The molecule has 3 heterocycles. The van der Waals surface area contributed by atoms with Crippen molar-refractivity contribution >= 4 is 17.5 Å². The summed E-state index contributed by atoms with van der Waals surface area (Å²) in [5.74, 6) is -0.886. The molecule has 2 aromatic heterocycles. The van der Waals surface area contributed by atoms with E-state index >= 15 is 0 Å². The fourth-order valence-electron chi connectivity index (χ4n) is 4.97.